The van der Waals surface area contributed by atoms with Crippen LogP contribution in [0, 0.1) is 5.92 Å². The van der Waals surface area contributed by atoms with Gasteiger partial charge in [0, 0.05) is 17.8 Å². The van der Waals surface area contributed by atoms with Gasteiger partial charge in [-0.05, 0) is 54.9 Å². The van der Waals surface area contributed by atoms with Gasteiger partial charge in [0.25, 0.3) is 5.91 Å². The zero-order valence-electron chi connectivity index (χ0n) is 18.5. The molecule has 2 heterocycles. The van der Waals surface area contributed by atoms with Crippen LogP contribution in [-0.2, 0) is 37.2 Å². The Morgan fingerprint density at radius 3 is 2.61 bits per heavy atom. The largest absolute Gasteiger partial charge is 0.349 e. The predicted octanol–water partition coefficient (Wildman–Crippen LogP) is 1.20. The van der Waals surface area contributed by atoms with Crippen molar-refractivity contribution in [2.24, 2.45) is 5.92 Å². The highest BCUT2D eigenvalue weighted by Crippen LogP contribution is 2.16. The van der Waals surface area contributed by atoms with Crippen molar-refractivity contribution in [2.45, 2.75) is 56.5 Å². The molecular weight excluding hydrogens is 464 g/mol. The molecule has 1 aliphatic rings. The average molecular weight is 493 g/mol. The molecule has 2 unspecified atom stereocenters. The number of carbonyl (C=O) groups is 3. The van der Waals surface area contributed by atoms with E-state index in [-0.39, 0.29) is 11.3 Å². The van der Waals surface area contributed by atoms with Crippen LogP contribution in [0.1, 0.15) is 37.3 Å². The maximum Gasteiger partial charge on any atom is 0.289 e. The molecule has 0 fully saturated rings. The van der Waals surface area contributed by atoms with E-state index in [2.05, 4.69) is 19.7 Å². The molecule has 0 radical (unpaired) electrons. The van der Waals surface area contributed by atoms with Crippen LogP contribution in [0.15, 0.2) is 41.3 Å². The molecule has 1 aliphatic heterocycles. The lowest BCUT2D eigenvalue weighted by Gasteiger charge is -2.25. The Hall–Kier alpha value is -2.63. The summed E-state index contributed by atoms with van der Waals surface area (Å²) in [6, 6.07) is 7.55. The van der Waals surface area contributed by atoms with E-state index in [4.69, 9.17) is 0 Å². The Kier molecular flexibility index (Phi) is 8.33. The van der Waals surface area contributed by atoms with Crippen molar-refractivity contribution in [1.82, 2.24) is 19.7 Å². The number of rotatable bonds is 6. The number of nitrogens with one attached hydrogen (secondary N) is 3. The number of Topliss-reactive ketones (excluding diaryl/α,β-unsaturated/α-hetero) is 1. The molecule has 9 nitrogen and oxygen atoms in total. The Labute approximate surface area is 197 Å². The molecule has 2 aromatic rings. The molecule has 2 bridgehead atoms. The SMILES string of the molecule is CC(C)C(NS(=O)(=O)c1ccccc1)C(=O)NC1CCCc2cc(sn2)CCNC(=O)C1=O. The third-order valence-electron chi connectivity index (χ3n) is 5.33. The van der Waals surface area contributed by atoms with Gasteiger partial charge < -0.3 is 10.6 Å². The lowest BCUT2D eigenvalue weighted by molar-refractivity contribution is -0.140. The van der Waals surface area contributed by atoms with E-state index in [1.807, 2.05) is 6.07 Å². The van der Waals surface area contributed by atoms with E-state index in [0.29, 0.717) is 25.8 Å². The number of benzene rings is 1. The quantitative estimate of drug-likeness (QED) is 0.519. The number of hydrogen-bond donors (Lipinski definition) is 3. The minimum Gasteiger partial charge on any atom is -0.349 e. The fraction of sp³-hybridized carbons (Fsp3) is 0.455. The van der Waals surface area contributed by atoms with Gasteiger partial charge in [-0.15, -0.1) is 0 Å². The summed E-state index contributed by atoms with van der Waals surface area (Å²) in [6.07, 6.45) is 1.97. The lowest BCUT2D eigenvalue weighted by Crippen LogP contribution is -2.55. The highest BCUT2D eigenvalue weighted by molar-refractivity contribution is 7.89. The van der Waals surface area contributed by atoms with Gasteiger partial charge in [-0.25, -0.2) is 8.42 Å². The molecule has 3 rings (SSSR count). The van der Waals surface area contributed by atoms with Crippen molar-refractivity contribution >= 4 is 39.2 Å². The third-order valence-corrected chi connectivity index (χ3v) is 7.67. The number of nitrogens with zero attached hydrogens (tertiary/aromatic N) is 1. The summed E-state index contributed by atoms with van der Waals surface area (Å²) < 4.78 is 32.3. The van der Waals surface area contributed by atoms with Crippen molar-refractivity contribution in [1.29, 1.82) is 0 Å². The second kappa shape index (κ2) is 11.0. The van der Waals surface area contributed by atoms with Gasteiger partial charge in [-0.3, -0.25) is 14.4 Å². The number of sulfonamides is 1. The summed E-state index contributed by atoms with van der Waals surface area (Å²) in [5.41, 5.74) is 0.912. The highest BCUT2D eigenvalue weighted by atomic mass is 32.2. The molecule has 178 valence electrons. The number of ketones is 1. The van der Waals surface area contributed by atoms with Gasteiger partial charge >= 0.3 is 0 Å². The monoisotopic (exact) mass is 492 g/mol. The number of carbonyl (C=O) groups excluding carboxylic acids is 3. The van der Waals surface area contributed by atoms with Crippen molar-refractivity contribution in [3.05, 3.63) is 47.0 Å². The van der Waals surface area contributed by atoms with E-state index < -0.39 is 45.6 Å². The van der Waals surface area contributed by atoms with Crippen LogP contribution >= 0.6 is 11.5 Å². The molecule has 0 spiro atoms. The first-order valence-corrected chi connectivity index (χ1v) is 13.1. The molecule has 1 aromatic carbocycles. The second-order valence-corrected chi connectivity index (χ2v) is 10.9. The molecular formula is C22H28N4O5S2. The summed E-state index contributed by atoms with van der Waals surface area (Å²) >= 11 is 1.37. The number of amides is 2. The number of aryl methyl sites for hydroxylation is 1. The summed E-state index contributed by atoms with van der Waals surface area (Å²) in [5.74, 6) is -2.56. The average Bonchev–Trinajstić information content (AvgIpc) is 3.23. The van der Waals surface area contributed by atoms with E-state index >= 15 is 0 Å². The van der Waals surface area contributed by atoms with Crippen LogP contribution in [0.25, 0.3) is 0 Å². The summed E-state index contributed by atoms with van der Waals surface area (Å²) in [5, 5.41) is 5.20. The summed E-state index contributed by atoms with van der Waals surface area (Å²) in [4.78, 5) is 39.3. The number of aromatic nitrogens is 1. The van der Waals surface area contributed by atoms with E-state index in [9.17, 15) is 22.8 Å². The molecule has 0 aliphatic carbocycles. The normalized spacial score (nSPS) is 18.7. The molecule has 2 amide bonds. The minimum absolute atomic E-state index is 0.0348. The standard InChI is InChI=1S/C22H28N4O5S2/c1-14(2)19(26-33(30,31)17-8-4-3-5-9-17)21(28)24-18-10-6-7-15-13-16(32-25-15)11-12-23-22(29)20(18)27/h3-5,8-9,13-14,18-19,26H,6-7,10-12H2,1-2H3,(H,23,29)(H,24,28). The second-order valence-electron chi connectivity index (χ2n) is 8.26. The predicted molar refractivity (Wildman–Crippen MR) is 124 cm³/mol. The Morgan fingerprint density at radius 1 is 1.18 bits per heavy atom. The first kappa shape index (κ1) is 25.0. The van der Waals surface area contributed by atoms with Crippen LogP contribution in [0.2, 0.25) is 0 Å². The number of hydrogen-bond acceptors (Lipinski definition) is 7. The van der Waals surface area contributed by atoms with Gasteiger partial charge in [-0.2, -0.15) is 9.10 Å². The summed E-state index contributed by atoms with van der Waals surface area (Å²) in [6.45, 7) is 3.69. The van der Waals surface area contributed by atoms with Crippen molar-refractivity contribution in [2.75, 3.05) is 6.54 Å². The first-order chi connectivity index (χ1) is 15.7. The lowest BCUT2D eigenvalue weighted by atomic mass is 10.0. The maximum atomic E-state index is 13.1. The smallest absolute Gasteiger partial charge is 0.289 e. The Morgan fingerprint density at radius 2 is 1.91 bits per heavy atom. The first-order valence-electron chi connectivity index (χ1n) is 10.8. The fourth-order valence-corrected chi connectivity index (χ4v) is 5.61. The molecule has 2 atom stereocenters. The minimum atomic E-state index is -3.95. The van der Waals surface area contributed by atoms with Gasteiger partial charge in [0.15, 0.2) is 0 Å². The maximum absolute atomic E-state index is 13.1. The van der Waals surface area contributed by atoms with Crippen molar-refractivity contribution in [3.63, 3.8) is 0 Å². The van der Waals surface area contributed by atoms with Gasteiger partial charge in [-0.1, -0.05) is 32.0 Å². The van der Waals surface area contributed by atoms with Crippen molar-refractivity contribution < 1.29 is 22.8 Å². The molecule has 33 heavy (non-hydrogen) atoms. The molecule has 0 saturated carbocycles. The van der Waals surface area contributed by atoms with Crippen LogP contribution in [-0.4, -0.2) is 49.0 Å². The molecule has 0 saturated heterocycles. The highest BCUT2D eigenvalue weighted by Gasteiger charge is 2.33. The molecule has 1 aromatic heterocycles. The van der Waals surface area contributed by atoms with Crippen molar-refractivity contribution in [3.8, 4) is 0 Å². The van der Waals surface area contributed by atoms with Gasteiger partial charge in [0.1, 0.15) is 6.04 Å². The van der Waals surface area contributed by atoms with Gasteiger partial charge in [0.2, 0.25) is 21.7 Å². The topological polar surface area (TPSA) is 134 Å². The zero-order valence-corrected chi connectivity index (χ0v) is 20.2. The molecule has 3 N–H and O–H groups in total. The molecule has 11 heteroatoms. The van der Waals surface area contributed by atoms with E-state index in [0.717, 1.165) is 10.6 Å². The number of fused-ring (bicyclic) bond motifs is 2. The van der Waals surface area contributed by atoms with E-state index in [1.165, 1.54) is 23.7 Å². The fourth-order valence-electron chi connectivity index (χ4n) is 3.48. The van der Waals surface area contributed by atoms with Gasteiger partial charge in [0.05, 0.1) is 16.6 Å². The summed E-state index contributed by atoms with van der Waals surface area (Å²) in [7, 11) is -3.95. The van der Waals surface area contributed by atoms with Crippen LogP contribution in [0.4, 0.5) is 0 Å². The Balaban J connectivity index is 1.75. The third kappa shape index (κ3) is 6.68. The van der Waals surface area contributed by atoms with E-state index in [1.54, 1.807) is 32.0 Å². The van der Waals surface area contributed by atoms with Crippen LogP contribution in [0.5, 0.6) is 0 Å². The zero-order chi connectivity index (χ0) is 24.0. The van der Waals surface area contributed by atoms with Crippen LogP contribution in [0.3, 0.4) is 0 Å². The Bertz CT molecular complexity index is 1100. The van der Waals surface area contributed by atoms with Crippen LogP contribution < -0.4 is 15.4 Å².